The van der Waals surface area contributed by atoms with E-state index in [-0.39, 0.29) is 29.6 Å². The fourth-order valence-electron chi connectivity index (χ4n) is 4.12. The molecule has 31 heavy (non-hydrogen) atoms. The number of hydrogen-bond donors (Lipinski definition) is 0. The zero-order valence-electron chi connectivity index (χ0n) is 17.3. The first-order chi connectivity index (χ1) is 14.9. The van der Waals surface area contributed by atoms with Crippen LogP contribution in [0.25, 0.3) is 0 Å². The molecule has 0 N–H and O–H groups in total. The van der Waals surface area contributed by atoms with E-state index in [1.165, 1.54) is 10.4 Å². The number of morpholine rings is 1. The van der Waals surface area contributed by atoms with Crippen LogP contribution in [0.15, 0.2) is 47.4 Å². The number of ether oxygens (including phenoxy) is 2. The molecule has 7 nitrogen and oxygen atoms in total. The highest BCUT2D eigenvalue weighted by atomic mass is 32.2. The third kappa shape index (κ3) is 4.30. The van der Waals surface area contributed by atoms with Crippen LogP contribution in [0.4, 0.5) is 4.39 Å². The molecule has 0 aromatic heterocycles. The van der Waals surface area contributed by atoms with Crippen molar-refractivity contribution in [2.24, 2.45) is 0 Å². The first kappa shape index (κ1) is 21.7. The Morgan fingerprint density at radius 3 is 2.65 bits per heavy atom. The zero-order chi connectivity index (χ0) is 22.0. The van der Waals surface area contributed by atoms with E-state index in [4.69, 9.17) is 9.47 Å². The van der Waals surface area contributed by atoms with Crippen molar-refractivity contribution in [2.45, 2.75) is 23.8 Å². The molecule has 1 unspecified atom stereocenters. The maximum atomic E-state index is 14.7. The number of rotatable bonds is 5. The van der Waals surface area contributed by atoms with Gasteiger partial charge in [-0.1, -0.05) is 12.1 Å². The van der Waals surface area contributed by atoms with Gasteiger partial charge in [0, 0.05) is 19.6 Å². The molecule has 1 atom stereocenters. The monoisotopic (exact) mass is 448 g/mol. The normalized spacial score (nSPS) is 20.1. The number of carbonyl (C=O) groups is 1. The summed E-state index contributed by atoms with van der Waals surface area (Å²) >= 11 is 0. The fraction of sp³-hybridized carbons (Fsp3) is 0.409. The van der Waals surface area contributed by atoms with Gasteiger partial charge >= 0.3 is 0 Å². The van der Waals surface area contributed by atoms with Crippen molar-refractivity contribution in [1.82, 2.24) is 9.21 Å². The van der Waals surface area contributed by atoms with Crippen molar-refractivity contribution in [3.05, 3.63) is 59.4 Å². The van der Waals surface area contributed by atoms with Crippen molar-refractivity contribution >= 4 is 15.9 Å². The van der Waals surface area contributed by atoms with Crippen LogP contribution in [0.1, 0.15) is 34.8 Å². The molecule has 166 valence electrons. The minimum absolute atomic E-state index is 0.0868. The second kappa shape index (κ2) is 8.94. The lowest BCUT2D eigenvalue weighted by Gasteiger charge is -2.27. The van der Waals surface area contributed by atoms with Crippen molar-refractivity contribution in [2.75, 3.05) is 40.0 Å². The quantitative estimate of drug-likeness (QED) is 0.703. The zero-order valence-corrected chi connectivity index (χ0v) is 18.1. The lowest BCUT2D eigenvalue weighted by Crippen LogP contribution is -2.40. The van der Waals surface area contributed by atoms with Crippen LogP contribution >= 0.6 is 0 Å². The first-order valence-electron chi connectivity index (χ1n) is 10.2. The van der Waals surface area contributed by atoms with Gasteiger partial charge in [-0.05, 0) is 48.7 Å². The molecular weight excluding hydrogens is 423 g/mol. The Labute approximate surface area is 181 Å². The summed E-state index contributed by atoms with van der Waals surface area (Å²) in [5.41, 5.74) is 0.673. The van der Waals surface area contributed by atoms with E-state index in [1.807, 2.05) is 24.3 Å². The number of likely N-dealkylation sites (tertiary alicyclic amines) is 1. The average Bonchev–Trinajstić information content (AvgIpc) is 3.29. The molecule has 9 heteroatoms. The van der Waals surface area contributed by atoms with E-state index in [9.17, 15) is 17.6 Å². The first-order valence-corrected chi connectivity index (χ1v) is 11.7. The van der Waals surface area contributed by atoms with Crippen LogP contribution in [-0.2, 0) is 14.8 Å². The second-order valence-electron chi connectivity index (χ2n) is 7.59. The summed E-state index contributed by atoms with van der Waals surface area (Å²) in [7, 11) is -2.26. The minimum Gasteiger partial charge on any atom is -0.497 e. The predicted molar refractivity (Wildman–Crippen MR) is 112 cm³/mol. The van der Waals surface area contributed by atoms with Gasteiger partial charge in [0.05, 0.1) is 36.8 Å². The Morgan fingerprint density at radius 2 is 1.90 bits per heavy atom. The summed E-state index contributed by atoms with van der Waals surface area (Å²) in [6.45, 7) is 1.55. The third-order valence-corrected chi connectivity index (χ3v) is 7.66. The number of sulfonamides is 1. The highest BCUT2D eigenvalue weighted by Gasteiger charge is 2.33. The van der Waals surface area contributed by atoms with E-state index in [0.717, 1.165) is 30.5 Å². The van der Waals surface area contributed by atoms with Gasteiger partial charge in [-0.15, -0.1) is 0 Å². The molecule has 1 amide bonds. The van der Waals surface area contributed by atoms with E-state index in [1.54, 1.807) is 12.0 Å². The number of carbonyl (C=O) groups excluding carboxylic acids is 1. The van der Waals surface area contributed by atoms with Crippen LogP contribution in [0, 0.1) is 5.82 Å². The number of halogens is 1. The number of nitrogens with zero attached hydrogens (tertiary/aromatic N) is 2. The van der Waals surface area contributed by atoms with Crippen LogP contribution in [0.2, 0.25) is 0 Å². The number of hydrogen-bond acceptors (Lipinski definition) is 5. The Kier molecular flexibility index (Phi) is 6.27. The topological polar surface area (TPSA) is 76.2 Å². The van der Waals surface area contributed by atoms with Crippen LogP contribution in [-0.4, -0.2) is 63.5 Å². The molecule has 0 bridgehead atoms. The summed E-state index contributed by atoms with van der Waals surface area (Å²) in [5.74, 6) is -0.564. The highest BCUT2D eigenvalue weighted by molar-refractivity contribution is 7.89. The molecule has 2 aliphatic rings. The number of amides is 1. The van der Waals surface area contributed by atoms with Gasteiger partial charge in [-0.25, -0.2) is 12.8 Å². The van der Waals surface area contributed by atoms with Gasteiger partial charge in [0.15, 0.2) is 0 Å². The molecule has 0 spiro atoms. The van der Waals surface area contributed by atoms with E-state index < -0.39 is 21.7 Å². The Morgan fingerprint density at radius 1 is 1.13 bits per heavy atom. The summed E-state index contributed by atoms with van der Waals surface area (Å²) in [5, 5.41) is 0. The van der Waals surface area contributed by atoms with Gasteiger partial charge in [-0.3, -0.25) is 4.79 Å². The Balaban J connectivity index is 1.64. The molecule has 2 saturated heterocycles. The molecule has 2 fully saturated rings. The molecule has 0 aliphatic carbocycles. The summed E-state index contributed by atoms with van der Waals surface area (Å²) in [6, 6.07) is 10.7. The molecular formula is C22H25FN2O5S. The van der Waals surface area contributed by atoms with Crippen molar-refractivity contribution in [1.29, 1.82) is 0 Å². The summed E-state index contributed by atoms with van der Waals surface area (Å²) < 4.78 is 52.4. The molecule has 0 radical (unpaired) electrons. The lowest BCUT2D eigenvalue weighted by molar-refractivity contribution is 0.0725. The van der Waals surface area contributed by atoms with E-state index in [0.29, 0.717) is 25.5 Å². The fourth-order valence-corrected chi connectivity index (χ4v) is 5.56. The molecule has 2 aliphatic heterocycles. The lowest BCUT2D eigenvalue weighted by atomic mass is 10.0. The van der Waals surface area contributed by atoms with Crippen molar-refractivity contribution in [3.63, 3.8) is 0 Å². The van der Waals surface area contributed by atoms with Gasteiger partial charge in [-0.2, -0.15) is 4.31 Å². The highest BCUT2D eigenvalue weighted by Crippen LogP contribution is 2.35. The van der Waals surface area contributed by atoms with E-state index in [2.05, 4.69) is 0 Å². The average molecular weight is 449 g/mol. The van der Waals surface area contributed by atoms with E-state index >= 15 is 0 Å². The molecule has 2 aromatic carbocycles. The summed E-state index contributed by atoms with van der Waals surface area (Å²) in [6.07, 6.45) is 1.52. The van der Waals surface area contributed by atoms with Crippen LogP contribution in [0.5, 0.6) is 5.75 Å². The molecule has 2 heterocycles. The Bertz CT molecular complexity index is 1070. The molecule has 2 aromatic rings. The largest absolute Gasteiger partial charge is 0.497 e. The SMILES string of the molecule is COc1cccc(C2CCCN2C(=O)c2cc(S(=O)(=O)N3CCOCC3)ccc2F)c1. The maximum Gasteiger partial charge on any atom is 0.257 e. The van der Waals surface area contributed by atoms with Crippen LogP contribution < -0.4 is 4.74 Å². The van der Waals surface area contributed by atoms with Gasteiger partial charge in [0.1, 0.15) is 11.6 Å². The standard InChI is InChI=1S/C22H25FN2O5S/c1-29-17-5-2-4-16(14-17)21-6-3-9-25(21)22(26)19-15-18(7-8-20(19)23)31(27,28)24-10-12-30-13-11-24/h2,4-5,7-8,14-15,21H,3,6,9-13H2,1H3. The summed E-state index contributed by atoms with van der Waals surface area (Å²) in [4.78, 5) is 14.8. The molecule has 4 rings (SSSR count). The smallest absolute Gasteiger partial charge is 0.257 e. The maximum absolute atomic E-state index is 14.7. The predicted octanol–water partition coefficient (Wildman–Crippen LogP) is 2.83. The van der Waals surface area contributed by atoms with Gasteiger partial charge < -0.3 is 14.4 Å². The minimum atomic E-state index is -3.83. The van der Waals surface area contributed by atoms with Gasteiger partial charge in [0.2, 0.25) is 10.0 Å². The third-order valence-electron chi connectivity index (χ3n) is 5.77. The number of benzene rings is 2. The number of methoxy groups -OCH3 is 1. The second-order valence-corrected chi connectivity index (χ2v) is 9.53. The van der Waals surface area contributed by atoms with Crippen molar-refractivity contribution in [3.8, 4) is 5.75 Å². The van der Waals surface area contributed by atoms with Gasteiger partial charge in [0.25, 0.3) is 5.91 Å². The molecule has 0 saturated carbocycles. The Hall–Kier alpha value is -2.49. The van der Waals surface area contributed by atoms with Crippen LogP contribution in [0.3, 0.4) is 0 Å². The van der Waals surface area contributed by atoms with Crippen molar-refractivity contribution < 1.29 is 27.1 Å².